The molecule has 6 heteroatoms. The summed E-state index contributed by atoms with van der Waals surface area (Å²) < 4.78 is 1.12. The Balaban J connectivity index is -0.000000742. The largest absolute Gasteiger partial charge is 1.00 e. The lowest BCUT2D eigenvalue weighted by molar-refractivity contribution is -1.21. The molecule has 252 valence electrons. The summed E-state index contributed by atoms with van der Waals surface area (Å²) in [5.74, 6) is 0. The number of nitrogens with zero attached hydrogens (tertiary/aromatic N) is 2. The van der Waals surface area contributed by atoms with Crippen molar-refractivity contribution in [1.82, 2.24) is 0 Å². The summed E-state index contributed by atoms with van der Waals surface area (Å²) in [6.45, 7) is 5.78. The maximum absolute atomic E-state index is 10.5. The standard InChI is InChI=1S/C20H43NO3.C15H34N.BrH/c1-2-3-4-5-6-7-8-9-10-11-12-13-14-15-16-17-18-19-20-21(22,23)24;1-5-6-7-8-9-10-11-12-13-14-15-16(2,3)4;/h22-23H,2-20H2,1H3;5-15H2,1-4H3;1H/q;+1;/p-1. The number of hydroxylamine groups is 3. The van der Waals surface area contributed by atoms with E-state index in [-0.39, 0.29) is 23.5 Å². The maximum atomic E-state index is 10.5. The summed E-state index contributed by atoms with van der Waals surface area (Å²) in [6.07, 6.45) is 37.7. The summed E-state index contributed by atoms with van der Waals surface area (Å²) in [4.78, 5) is -2.13. The molecule has 0 saturated heterocycles. The molecule has 0 aliphatic carbocycles. The predicted molar refractivity (Wildman–Crippen MR) is 176 cm³/mol. The van der Waals surface area contributed by atoms with Crippen LogP contribution >= 0.6 is 0 Å². The van der Waals surface area contributed by atoms with Crippen LogP contribution in [0.5, 0.6) is 0 Å². The van der Waals surface area contributed by atoms with Crippen LogP contribution in [0.15, 0.2) is 0 Å². The molecule has 0 aliphatic rings. The third kappa shape index (κ3) is 50.2. The van der Waals surface area contributed by atoms with Gasteiger partial charge in [-0.05, 0) is 19.3 Å². The average Bonchev–Trinajstić information content (AvgIpc) is 2.88. The minimum Gasteiger partial charge on any atom is -1.00 e. The zero-order chi connectivity index (χ0) is 30.2. The molecule has 5 nitrogen and oxygen atoms in total. The Labute approximate surface area is 269 Å². The van der Waals surface area contributed by atoms with Gasteiger partial charge < -0.3 is 26.7 Å². The number of hydrogen-bond acceptors (Lipinski definition) is 3. The third-order valence-corrected chi connectivity index (χ3v) is 7.99. The lowest BCUT2D eigenvalue weighted by Gasteiger charge is -2.23. The van der Waals surface area contributed by atoms with Crippen LogP contribution in [0.3, 0.4) is 0 Å². The first-order chi connectivity index (χ1) is 19.1. The first-order valence-electron chi connectivity index (χ1n) is 18.0. The van der Waals surface area contributed by atoms with Crippen molar-refractivity contribution in [1.29, 1.82) is 0 Å². The highest BCUT2D eigenvalue weighted by Crippen LogP contribution is 2.15. The topological polar surface area (TPSA) is 63.5 Å². The second-order valence-corrected chi connectivity index (χ2v) is 13.6. The zero-order valence-electron chi connectivity index (χ0n) is 28.8. The van der Waals surface area contributed by atoms with Crippen molar-refractivity contribution in [3.8, 4) is 0 Å². The molecule has 0 spiro atoms. The molecule has 41 heavy (non-hydrogen) atoms. The lowest BCUT2D eigenvalue weighted by atomic mass is 10.0. The van der Waals surface area contributed by atoms with Gasteiger partial charge in [0.25, 0.3) is 0 Å². The molecule has 0 radical (unpaired) electrons. The molecule has 0 aliphatic heterocycles. The van der Waals surface area contributed by atoms with Crippen molar-refractivity contribution in [3.63, 3.8) is 0 Å². The van der Waals surface area contributed by atoms with Crippen molar-refractivity contribution in [2.75, 3.05) is 34.2 Å². The van der Waals surface area contributed by atoms with Crippen LogP contribution in [0.1, 0.15) is 194 Å². The summed E-state index contributed by atoms with van der Waals surface area (Å²) in [5.41, 5.74) is 0. The van der Waals surface area contributed by atoms with Crippen LogP contribution in [0.25, 0.3) is 0 Å². The van der Waals surface area contributed by atoms with E-state index in [2.05, 4.69) is 35.0 Å². The van der Waals surface area contributed by atoms with Crippen molar-refractivity contribution < 1.29 is 36.9 Å². The van der Waals surface area contributed by atoms with E-state index in [0.717, 1.165) is 17.3 Å². The molecule has 0 fully saturated rings. The van der Waals surface area contributed by atoms with Crippen molar-refractivity contribution in [3.05, 3.63) is 5.21 Å². The first kappa shape index (κ1) is 45.7. The summed E-state index contributed by atoms with van der Waals surface area (Å²) in [6, 6.07) is 0. The average molecular weight is 654 g/mol. The smallest absolute Gasteiger partial charge is 0.142 e. The fourth-order valence-electron chi connectivity index (χ4n) is 5.29. The highest BCUT2D eigenvalue weighted by atomic mass is 79.9. The van der Waals surface area contributed by atoms with E-state index in [1.165, 1.54) is 167 Å². The Morgan fingerprint density at radius 3 is 0.756 bits per heavy atom. The number of hydrogen-bond donors (Lipinski definition) is 2. The molecule has 0 aromatic heterocycles. The first-order valence-corrected chi connectivity index (χ1v) is 18.0. The van der Waals surface area contributed by atoms with E-state index >= 15 is 0 Å². The Kier molecular flexibility index (Phi) is 38.8. The van der Waals surface area contributed by atoms with Crippen molar-refractivity contribution in [2.24, 2.45) is 0 Å². The van der Waals surface area contributed by atoms with Gasteiger partial charge in [0.1, 0.15) is 6.54 Å². The monoisotopic (exact) mass is 653 g/mol. The Hall–Kier alpha value is 0.280. The maximum Gasteiger partial charge on any atom is 0.142 e. The van der Waals surface area contributed by atoms with Crippen molar-refractivity contribution >= 4 is 0 Å². The highest BCUT2D eigenvalue weighted by Gasteiger charge is 2.07. The molecule has 0 bridgehead atoms. The zero-order valence-corrected chi connectivity index (χ0v) is 30.4. The molecule has 0 aromatic carbocycles. The van der Waals surface area contributed by atoms with Crippen LogP contribution in [-0.2, 0) is 0 Å². The van der Waals surface area contributed by atoms with Gasteiger partial charge in [-0.1, -0.05) is 173 Å². The van der Waals surface area contributed by atoms with Gasteiger partial charge in [-0.15, -0.1) is 0 Å². The highest BCUT2D eigenvalue weighted by molar-refractivity contribution is 4.51. The second kappa shape index (κ2) is 34.8. The normalized spacial score (nSPS) is 11.7. The second-order valence-electron chi connectivity index (χ2n) is 13.6. The molecular formula is C35H77BrN2O3. The van der Waals surface area contributed by atoms with Gasteiger partial charge >= 0.3 is 0 Å². The molecular weight excluding hydrogens is 576 g/mol. The van der Waals surface area contributed by atoms with Crippen molar-refractivity contribution in [2.45, 2.75) is 194 Å². The van der Waals surface area contributed by atoms with Gasteiger partial charge in [-0.2, -0.15) is 10.4 Å². The van der Waals surface area contributed by atoms with E-state index in [4.69, 9.17) is 10.4 Å². The molecule has 0 aromatic rings. The predicted octanol–water partition coefficient (Wildman–Crippen LogP) is 8.74. The van der Waals surface area contributed by atoms with E-state index < -0.39 is 4.97 Å². The van der Waals surface area contributed by atoms with Crippen LogP contribution in [0.4, 0.5) is 0 Å². The number of unbranched alkanes of at least 4 members (excludes halogenated alkanes) is 26. The fraction of sp³-hybridized carbons (Fsp3) is 1.00. The van der Waals surface area contributed by atoms with Crippen LogP contribution in [-0.4, -0.2) is 54.1 Å². The minimum atomic E-state index is -2.13. The van der Waals surface area contributed by atoms with Gasteiger partial charge in [0.2, 0.25) is 0 Å². The van der Waals surface area contributed by atoms with Gasteiger partial charge in [0.15, 0.2) is 0 Å². The van der Waals surface area contributed by atoms with E-state index in [9.17, 15) is 5.21 Å². The molecule has 0 amide bonds. The Bertz CT molecular complexity index is 467. The molecule has 2 N–H and O–H groups in total. The molecule has 0 heterocycles. The number of halogens is 1. The van der Waals surface area contributed by atoms with Gasteiger partial charge in [-0.25, -0.2) is 0 Å². The Morgan fingerprint density at radius 1 is 0.366 bits per heavy atom. The Morgan fingerprint density at radius 2 is 0.561 bits per heavy atom. The van der Waals surface area contributed by atoms with E-state index in [1.54, 1.807) is 0 Å². The van der Waals surface area contributed by atoms with Crippen LogP contribution in [0, 0.1) is 5.21 Å². The SMILES string of the molecule is CCCCCCCCCCCCCCCCCCCC[N+]([O-])(O)O.CCCCCCCCCCCC[N+](C)(C)C.[Br-]. The minimum absolute atomic E-state index is 0. The number of rotatable bonds is 30. The third-order valence-electron chi connectivity index (χ3n) is 7.99. The van der Waals surface area contributed by atoms with Crippen LogP contribution in [0.2, 0.25) is 0 Å². The lowest BCUT2D eigenvalue weighted by Crippen LogP contribution is -3.00. The quantitative estimate of drug-likeness (QED) is 0.0463. The van der Waals surface area contributed by atoms with Gasteiger partial charge in [0, 0.05) is 6.42 Å². The molecule has 0 atom stereocenters. The van der Waals surface area contributed by atoms with E-state index in [0.29, 0.717) is 6.42 Å². The van der Waals surface area contributed by atoms with E-state index in [1.807, 2.05) is 0 Å². The molecule has 0 saturated carbocycles. The summed E-state index contributed by atoms with van der Waals surface area (Å²) in [7, 11) is 6.86. The van der Waals surface area contributed by atoms with Gasteiger partial charge in [0.05, 0.1) is 27.7 Å². The van der Waals surface area contributed by atoms with Gasteiger partial charge in [-0.3, -0.25) is 0 Å². The summed E-state index contributed by atoms with van der Waals surface area (Å²) in [5, 5.41) is 27.7. The number of quaternary nitrogens is 2. The summed E-state index contributed by atoms with van der Waals surface area (Å²) >= 11 is 0. The van der Waals surface area contributed by atoms with Crippen LogP contribution < -0.4 is 17.0 Å². The fourth-order valence-corrected chi connectivity index (χ4v) is 5.29. The molecule has 0 unspecified atom stereocenters. The molecule has 0 rings (SSSR count).